The predicted octanol–water partition coefficient (Wildman–Crippen LogP) is 2.57. The number of halogens is 1. The lowest BCUT2D eigenvalue weighted by Gasteiger charge is -2.06. The van der Waals surface area contributed by atoms with E-state index >= 15 is 0 Å². The molecular formula is C11H16BrNO2S. The molecule has 0 bridgehead atoms. The van der Waals surface area contributed by atoms with Gasteiger partial charge in [-0.1, -0.05) is 15.9 Å². The first kappa shape index (κ1) is 13.7. The van der Waals surface area contributed by atoms with Crippen LogP contribution in [0.3, 0.4) is 0 Å². The highest BCUT2D eigenvalue weighted by molar-refractivity contribution is 9.10. The van der Waals surface area contributed by atoms with Gasteiger partial charge in [0.25, 0.3) is 0 Å². The van der Waals surface area contributed by atoms with Gasteiger partial charge in [0.2, 0.25) is 0 Å². The van der Waals surface area contributed by atoms with E-state index in [2.05, 4.69) is 15.9 Å². The van der Waals surface area contributed by atoms with Crippen molar-refractivity contribution in [2.24, 2.45) is 0 Å². The second kappa shape index (κ2) is 7.04. The minimum atomic E-state index is -1.02. The first-order valence-electron chi connectivity index (χ1n) is 5.07. The zero-order valence-electron chi connectivity index (χ0n) is 9.24. The number of methoxy groups -OCH3 is 1. The molecular weight excluding hydrogens is 290 g/mol. The number of rotatable bonds is 6. The number of nitrogens with two attached hydrogens (primary N) is 1. The van der Waals surface area contributed by atoms with Crippen LogP contribution >= 0.6 is 15.9 Å². The summed E-state index contributed by atoms with van der Waals surface area (Å²) in [5, 5.41) is 0. The molecule has 0 aliphatic carbocycles. The molecule has 1 rings (SSSR count). The molecule has 2 N–H and O–H groups in total. The van der Waals surface area contributed by atoms with Gasteiger partial charge in [-0.3, -0.25) is 4.21 Å². The Balaban J connectivity index is 2.55. The molecule has 0 radical (unpaired) electrons. The number of benzene rings is 1. The van der Waals surface area contributed by atoms with E-state index in [-0.39, 0.29) is 0 Å². The van der Waals surface area contributed by atoms with Crippen molar-refractivity contribution in [3.63, 3.8) is 0 Å². The van der Waals surface area contributed by atoms with Gasteiger partial charge in [0.15, 0.2) is 0 Å². The van der Waals surface area contributed by atoms with E-state index in [4.69, 9.17) is 10.5 Å². The van der Waals surface area contributed by atoms with E-state index in [9.17, 15) is 4.21 Å². The van der Waals surface area contributed by atoms with Crippen LogP contribution in [0, 0.1) is 0 Å². The summed E-state index contributed by atoms with van der Waals surface area (Å²) in [5.41, 5.74) is 6.37. The van der Waals surface area contributed by atoms with Gasteiger partial charge in [-0.25, -0.2) is 0 Å². The summed E-state index contributed by atoms with van der Waals surface area (Å²) in [7, 11) is 0.651. The Labute approximate surface area is 107 Å². The summed E-state index contributed by atoms with van der Waals surface area (Å²) < 4.78 is 17.8. The molecule has 0 saturated carbocycles. The standard InChI is InChI=1S/C11H16BrNO2S/c1-15-6-2-3-7-16(14)11-8-9(12)4-5-10(11)13/h4-5,8H,2-3,6-7,13H2,1H3. The maximum Gasteiger partial charge on any atom is 0.0628 e. The molecule has 0 aliphatic rings. The summed E-state index contributed by atoms with van der Waals surface area (Å²) in [6, 6.07) is 5.44. The van der Waals surface area contributed by atoms with Gasteiger partial charge >= 0.3 is 0 Å². The fourth-order valence-corrected chi connectivity index (χ4v) is 3.08. The van der Waals surface area contributed by atoms with Gasteiger partial charge in [-0.2, -0.15) is 0 Å². The van der Waals surface area contributed by atoms with Crippen molar-refractivity contribution in [3.05, 3.63) is 22.7 Å². The van der Waals surface area contributed by atoms with Gasteiger partial charge in [-0.05, 0) is 31.0 Å². The molecule has 0 heterocycles. The molecule has 1 aromatic rings. The molecule has 0 saturated heterocycles. The Kier molecular flexibility index (Phi) is 6.01. The summed E-state index contributed by atoms with van der Waals surface area (Å²) in [6.07, 6.45) is 1.81. The van der Waals surface area contributed by atoms with Gasteiger partial charge in [0, 0.05) is 29.6 Å². The number of ether oxygens (including phenoxy) is 1. The summed E-state index contributed by atoms with van der Waals surface area (Å²) >= 11 is 3.35. The number of anilines is 1. The Morgan fingerprint density at radius 3 is 2.88 bits per heavy atom. The second-order valence-corrected chi connectivity index (χ2v) is 5.89. The molecule has 0 amide bonds. The maximum atomic E-state index is 12.0. The molecule has 0 fully saturated rings. The Hall–Kier alpha value is -0.390. The van der Waals surface area contributed by atoms with Crippen LogP contribution in [0.15, 0.2) is 27.6 Å². The van der Waals surface area contributed by atoms with E-state index in [0.29, 0.717) is 22.9 Å². The monoisotopic (exact) mass is 305 g/mol. The zero-order valence-corrected chi connectivity index (χ0v) is 11.6. The highest BCUT2D eigenvalue weighted by Crippen LogP contribution is 2.22. The molecule has 0 aromatic heterocycles. The highest BCUT2D eigenvalue weighted by atomic mass is 79.9. The Morgan fingerprint density at radius 2 is 2.19 bits per heavy atom. The van der Waals surface area contributed by atoms with Gasteiger partial charge in [-0.15, -0.1) is 0 Å². The van der Waals surface area contributed by atoms with Crippen molar-refractivity contribution in [3.8, 4) is 0 Å². The summed E-state index contributed by atoms with van der Waals surface area (Å²) in [6.45, 7) is 0.713. The molecule has 1 atom stereocenters. The molecule has 16 heavy (non-hydrogen) atoms. The van der Waals surface area contributed by atoms with Crippen molar-refractivity contribution in [2.75, 3.05) is 25.2 Å². The van der Waals surface area contributed by atoms with E-state index in [0.717, 1.165) is 17.3 Å². The fourth-order valence-electron chi connectivity index (χ4n) is 1.29. The Bertz CT molecular complexity index is 371. The molecule has 1 aromatic carbocycles. The van der Waals surface area contributed by atoms with Crippen molar-refractivity contribution in [1.29, 1.82) is 0 Å². The molecule has 3 nitrogen and oxygen atoms in total. The van der Waals surface area contributed by atoms with Crippen LogP contribution < -0.4 is 5.73 Å². The maximum absolute atomic E-state index is 12.0. The number of nitrogen functional groups attached to an aromatic ring is 1. The van der Waals surface area contributed by atoms with Crippen molar-refractivity contribution in [2.45, 2.75) is 17.7 Å². The zero-order chi connectivity index (χ0) is 12.0. The average Bonchev–Trinajstić information content (AvgIpc) is 2.27. The van der Waals surface area contributed by atoms with Crippen molar-refractivity contribution in [1.82, 2.24) is 0 Å². The highest BCUT2D eigenvalue weighted by Gasteiger charge is 2.08. The van der Waals surface area contributed by atoms with Crippen LogP contribution in [0.2, 0.25) is 0 Å². The third-order valence-corrected chi connectivity index (χ3v) is 4.15. The first-order chi connectivity index (χ1) is 7.65. The SMILES string of the molecule is COCCCCS(=O)c1cc(Br)ccc1N. The quantitative estimate of drug-likeness (QED) is 0.649. The van der Waals surface area contributed by atoms with Gasteiger partial charge in [0.05, 0.1) is 15.7 Å². The van der Waals surface area contributed by atoms with Gasteiger partial charge < -0.3 is 10.5 Å². The fraction of sp³-hybridized carbons (Fsp3) is 0.455. The third-order valence-electron chi connectivity index (χ3n) is 2.15. The lowest BCUT2D eigenvalue weighted by atomic mass is 10.3. The van der Waals surface area contributed by atoms with Crippen LogP contribution in [0.25, 0.3) is 0 Å². The van der Waals surface area contributed by atoms with E-state index in [1.165, 1.54) is 0 Å². The van der Waals surface area contributed by atoms with E-state index < -0.39 is 10.8 Å². The predicted molar refractivity (Wildman–Crippen MR) is 70.9 cm³/mol. The number of unbranched alkanes of at least 4 members (excludes halogenated alkanes) is 1. The topological polar surface area (TPSA) is 52.3 Å². The van der Waals surface area contributed by atoms with Crippen LogP contribution in [0.5, 0.6) is 0 Å². The molecule has 1 unspecified atom stereocenters. The largest absolute Gasteiger partial charge is 0.398 e. The van der Waals surface area contributed by atoms with Crippen LogP contribution in [0.1, 0.15) is 12.8 Å². The molecule has 0 spiro atoms. The first-order valence-corrected chi connectivity index (χ1v) is 7.18. The normalized spacial score (nSPS) is 12.6. The summed E-state index contributed by atoms with van der Waals surface area (Å²) in [4.78, 5) is 0.715. The lowest BCUT2D eigenvalue weighted by Crippen LogP contribution is -2.03. The lowest BCUT2D eigenvalue weighted by molar-refractivity contribution is 0.194. The minimum absolute atomic E-state index is 0.591. The van der Waals surface area contributed by atoms with Crippen LogP contribution in [-0.4, -0.2) is 23.7 Å². The van der Waals surface area contributed by atoms with E-state index in [1.807, 2.05) is 12.1 Å². The number of hydrogen-bond donors (Lipinski definition) is 1. The second-order valence-electron chi connectivity index (χ2n) is 3.43. The number of hydrogen-bond acceptors (Lipinski definition) is 3. The smallest absolute Gasteiger partial charge is 0.0628 e. The third kappa shape index (κ3) is 4.23. The van der Waals surface area contributed by atoms with Crippen LogP contribution in [0.4, 0.5) is 5.69 Å². The van der Waals surface area contributed by atoms with Gasteiger partial charge in [0.1, 0.15) is 0 Å². The van der Waals surface area contributed by atoms with Crippen LogP contribution in [-0.2, 0) is 15.5 Å². The molecule has 5 heteroatoms. The summed E-state index contributed by atoms with van der Waals surface area (Å²) in [5.74, 6) is 0.629. The van der Waals surface area contributed by atoms with E-state index in [1.54, 1.807) is 13.2 Å². The van der Waals surface area contributed by atoms with Crippen molar-refractivity contribution >= 4 is 32.4 Å². The minimum Gasteiger partial charge on any atom is -0.398 e. The average molecular weight is 306 g/mol. The van der Waals surface area contributed by atoms with Crippen molar-refractivity contribution < 1.29 is 8.95 Å². The Morgan fingerprint density at radius 1 is 1.44 bits per heavy atom. The molecule has 0 aliphatic heterocycles. The molecule has 90 valence electrons.